The van der Waals surface area contributed by atoms with Gasteiger partial charge in [0.25, 0.3) is 0 Å². The van der Waals surface area contributed by atoms with Gasteiger partial charge in [-0.05, 0) is 50.5 Å². The molecule has 3 aliphatic rings. The van der Waals surface area contributed by atoms with E-state index in [1.54, 1.807) is 7.11 Å². The molecule has 1 aromatic carbocycles. The molecule has 1 saturated carbocycles. The van der Waals surface area contributed by atoms with E-state index < -0.39 is 0 Å². The average Bonchev–Trinajstić information content (AvgIpc) is 3.25. The smallest absolute Gasteiger partial charge is 0.226 e. The SMILES string of the molecule is CO[NH2+]c1ccccc1N1CCC(C(=O)N2CCCC2C2CCCCC2)CC1. The molecule has 0 aromatic heterocycles. The molecule has 5 nitrogen and oxygen atoms in total. The highest BCUT2D eigenvalue weighted by Gasteiger charge is 2.38. The normalized spacial score (nSPS) is 24.7. The van der Waals surface area contributed by atoms with Gasteiger partial charge in [-0.1, -0.05) is 31.4 Å². The quantitative estimate of drug-likeness (QED) is 0.624. The molecule has 154 valence electrons. The predicted molar refractivity (Wildman–Crippen MR) is 111 cm³/mol. The Balaban J connectivity index is 1.36. The van der Waals surface area contributed by atoms with E-state index in [0.717, 1.165) is 44.1 Å². The van der Waals surface area contributed by atoms with Crippen molar-refractivity contribution in [3.05, 3.63) is 24.3 Å². The number of carbonyl (C=O) groups is 1. The molecule has 1 atom stereocenters. The number of anilines is 1. The predicted octanol–water partition coefficient (Wildman–Crippen LogP) is 3.23. The molecule has 28 heavy (non-hydrogen) atoms. The molecule has 0 spiro atoms. The number of carbonyl (C=O) groups excluding carboxylic acids is 1. The van der Waals surface area contributed by atoms with E-state index in [2.05, 4.69) is 28.0 Å². The molecular weight excluding hydrogens is 350 g/mol. The highest BCUT2D eigenvalue weighted by Crippen LogP contribution is 2.36. The van der Waals surface area contributed by atoms with Crippen LogP contribution in [0, 0.1) is 11.8 Å². The second kappa shape index (κ2) is 9.27. The van der Waals surface area contributed by atoms with Gasteiger partial charge in [0, 0.05) is 37.7 Å². The summed E-state index contributed by atoms with van der Waals surface area (Å²) in [5, 5.41) is 0. The third-order valence-corrected chi connectivity index (χ3v) is 7.14. The molecule has 4 rings (SSSR count). The lowest BCUT2D eigenvalue weighted by Gasteiger charge is -2.38. The van der Waals surface area contributed by atoms with E-state index in [-0.39, 0.29) is 5.92 Å². The molecule has 2 saturated heterocycles. The van der Waals surface area contributed by atoms with Crippen molar-refractivity contribution in [1.82, 2.24) is 4.90 Å². The Kier molecular flexibility index (Phi) is 6.53. The number of rotatable bonds is 5. The Morgan fingerprint density at radius 3 is 2.46 bits per heavy atom. The number of nitrogens with two attached hydrogens (primary N) is 1. The minimum Gasteiger partial charge on any atom is -0.367 e. The molecular formula is C23H36N3O2+. The van der Waals surface area contributed by atoms with Crippen molar-refractivity contribution in [2.75, 3.05) is 31.6 Å². The van der Waals surface area contributed by atoms with Gasteiger partial charge in [0.15, 0.2) is 5.69 Å². The molecule has 0 bridgehead atoms. The summed E-state index contributed by atoms with van der Waals surface area (Å²) in [5.41, 5.74) is 4.15. The van der Waals surface area contributed by atoms with Crippen molar-refractivity contribution in [3.8, 4) is 0 Å². The van der Waals surface area contributed by atoms with Crippen LogP contribution in [0.1, 0.15) is 57.8 Å². The van der Waals surface area contributed by atoms with Crippen molar-refractivity contribution >= 4 is 17.3 Å². The summed E-state index contributed by atoms with van der Waals surface area (Å²) in [6.45, 7) is 2.89. The van der Waals surface area contributed by atoms with Crippen molar-refractivity contribution in [1.29, 1.82) is 0 Å². The molecule has 1 aliphatic carbocycles. The van der Waals surface area contributed by atoms with Gasteiger partial charge in [0.1, 0.15) is 5.69 Å². The lowest BCUT2D eigenvalue weighted by atomic mass is 9.82. The molecule has 1 amide bonds. The van der Waals surface area contributed by atoms with Gasteiger partial charge < -0.3 is 9.80 Å². The third-order valence-electron chi connectivity index (χ3n) is 7.14. The summed E-state index contributed by atoms with van der Waals surface area (Å²) in [4.78, 5) is 23.3. The number of quaternary nitrogens is 1. The zero-order chi connectivity index (χ0) is 19.3. The van der Waals surface area contributed by atoms with E-state index in [9.17, 15) is 4.79 Å². The zero-order valence-corrected chi connectivity index (χ0v) is 17.3. The van der Waals surface area contributed by atoms with Gasteiger partial charge in [-0.3, -0.25) is 4.79 Å². The van der Waals surface area contributed by atoms with Gasteiger partial charge in [0.05, 0.1) is 7.11 Å². The molecule has 1 unspecified atom stereocenters. The number of likely N-dealkylation sites (tertiary alicyclic amines) is 1. The molecule has 0 radical (unpaired) electrons. The molecule has 2 heterocycles. The van der Waals surface area contributed by atoms with Gasteiger partial charge in [0.2, 0.25) is 5.91 Å². The van der Waals surface area contributed by atoms with E-state index >= 15 is 0 Å². The Morgan fingerprint density at radius 1 is 0.964 bits per heavy atom. The summed E-state index contributed by atoms with van der Waals surface area (Å²) < 4.78 is 0. The maximum Gasteiger partial charge on any atom is 0.226 e. The van der Waals surface area contributed by atoms with Crippen LogP contribution in [0.15, 0.2) is 24.3 Å². The van der Waals surface area contributed by atoms with Crippen LogP contribution in [-0.4, -0.2) is 43.6 Å². The summed E-state index contributed by atoms with van der Waals surface area (Å²) in [6.07, 6.45) is 11.1. The number of amides is 1. The van der Waals surface area contributed by atoms with Gasteiger partial charge in [-0.2, -0.15) is 5.48 Å². The Bertz CT molecular complexity index is 651. The maximum atomic E-state index is 13.3. The van der Waals surface area contributed by atoms with Gasteiger partial charge >= 0.3 is 0 Å². The summed E-state index contributed by atoms with van der Waals surface area (Å²) >= 11 is 0. The lowest BCUT2D eigenvalue weighted by Crippen LogP contribution is -2.76. The fourth-order valence-corrected chi connectivity index (χ4v) is 5.68. The monoisotopic (exact) mass is 386 g/mol. The molecule has 2 aliphatic heterocycles. The number of benzene rings is 1. The highest BCUT2D eigenvalue weighted by molar-refractivity contribution is 5.80. The van der Waals surface area contributed by atoms with Crippen LogP contribution in [0.2, 0.25) is 0 Å². The topological polar surface area (TPSA) is 49.4 Å². The van der Waals surface area contributed by atoms with Crippen molar-refractivity contribution < 1.29 is 15.1 Å². The first kappa shape index (κ1) is 19.7. The van der Waals surface area contributed by atoms with Crippen LogP contribution < -0.4 is 10.4 Å². The number of para-hydroxylation sites is 1. The fourth-order valence-electron chi connectivity index (χ4n) is 5.68. The van der Waals surface area contributed by atoms with Crippen molar-refractivity contribution in [3.63, 3.8) is 0 Å². The second-order valence-corrected chi connectivity index (χ2v) is 8.81. The van der Waals surface area contributed by atoms with Crippen LogP contribution in [0.3, 0.4) is 0 Å². The van der Waals surface area contributed by atoms with E-state index in [4.69, 9.17) is 4.84 Å². The second-order valence-electron chi connectivity index (χ2n) is 8.81. The zero-order valence-electron chi connectivity index (χ0n) is 17.3. The summed E-state index contributed by atoms with van der Waals surface area (Å²) in [5.74, 6) is 1.42. The molecule has 3 fully saturated rings. The fraction of sp³-hybridized carbons (Fsp3) is 0.696. The van der Waals surface area contributed by atoms with E-state index in [0.29, 0.717) is 11.9 Å². The van der Waals surface area contributed by atoms with Crippen LogP contribution in [0.4, 0.5) is 11.4 Å². The molecule has 1 aromatic rings. The average molecular weight is 387 g/mol. The summed E-state index contributed by atoms with van der Waals surface area (Å²) in [6, 6.07) is 8.91. The first-order chi connectivity index (χ1) is 13.8. The van der Waals surface area contributed by atoms with Crippen LogP contribution in [0.5, 0.6) is 0 Å². The lowest BCUT2D eigenvalue weighted by molar-refractivity contribution is -0.829. The maximum absolute atomic E-state index is 13.3. The Hall–Kier alpha value is -1.59. The minimum atomic E-state index is 0.207. The largest absolute Gasteiger partial charge is 0.367 e. The molecule has 5 heteroatoms. The standard InChI is InChI=1S/C23H35N3O2/c1-28-24-20-10-5-6-11-22(20)25-16-13-19(14-17-25)23(27)26-15-7-12-21(26)18-8-3-2-4-9-18/h5-6,10-11,18-19,21,24H,2-4,7-9,12-17H2,1H3/p+1. The van der Waals surface area contributed by atoms with Crippen molar-refractivity contribution in [2.45, 2.75) is 63.8 Å². The van der Waals surface area contributed by atoms with Crippen LogP contribution in [0.25, 0.3) is 0 Å². The van der Waals surface area contributed by atoms with Crippen LogP contribution >= 0.6 is 0 Å². The first-order valence-corrected chi connectivity index (χ1v) is 11.3. The number of nitrogens with zero attached hydrogens (tertiary/aromatic N) is 2. The Morgan fingerprint density at radius 2 is 1.71 bits per heavy atom. The highest BCUT2D eigenvalue weighted by atomic mass is 16.6. The van der Waals surface area contributed by atoms with E-state index in [1.165, 1.54) is 50.6 Å². The Labute approximate surface area is 169 Å². The number of piperidine rings is 1. The van der Waals surface area contributed by atoms with E-state index in [1.807, 2.05) is 11.5 Å². The molecule has 2 N–H and O–H groups in total. The third kappa shape index (κ3) is 4.20. The first-order valence-electron chi connectivity index (χ1n) is 11.3. The van der Waals surface area contributed by atoms with Gasteiger partial charge in [-0.25, -0.2) is 4.84 Å². The minimum absolute atomic E-state index is 0.207. The summed E-state index contributed by atoms with van der Waals surface area (Å²) in [7, 11) is 1.69. The van der Waals surface area contributed by atoms with Crippen LogP contribution in [-0.2, 0) is 9.63 Å². The van der Waals surface area contributed by atoms with Gasteiger partial charge in [-0.15, -0.1) is 0 Å². The number of hydrogen-bond acceptors (Lipinski definition) is 3. The van der Waals surface area contributed by atoms with Crippen molar-refractivity contribution in [2.24, 2.45) is 11.8 Å². The number of hydrogen-bond donors (Lipinski definition) is 1.